The number of hydrogen-bond donors (Lipinski definition) is 2. The molecule has 4 aromatic rings. The molecule has 3 fully saturated rings. The van der Waals surface area contributed by atoms with Gasteiger partial charge in [-0.1, -0.05) is 69.3 Å². The number of allylic oxidation sites excluding steroid dienone is 1. The number of rotatable bonds is 21. The van der Waals surface area contributed by atoms with Crippen LogP contribution in [0.4, 0.5) is 5.13 Å². The average Bonchev–Trinajstić information content (AvgIpc) is 3.68. The molecule has 66 heavy (non-hydrogen) atoms. The highest BCUT2D eigenvalue weighted by Crippen LogP contribution is 2.76. The number of aromatic nitrogens is 2. The Balaban J connectivity index is 1.24. The molecule has 2 aromatic carbocycles. The van der Waals surface area contributed by atoms with Crippen LogP contribution in [0.15, 0.2) is 84.8 Å². The second-order valence-electron chi connectivity index (χ2n) is 19.3. The van der Waals surface area contributed by atoms with Crippen LogP contribution in [-0.2, 0) is 34.4 Å². The Kier molecular flexibility index (Phi) is 15.6. The molecule has 1 saturated heterocycles. The van der Waals surface area contributed by atoms with E-state index < -0.39 is 42.0 Å². The lowest BCUT2D eigenvalue weighted by molar-refractivity contribution is -0.156. The van der Waals surface area contributed by atoms with Gasteiger partial charge in [-0.15, -0.1) is 17.9 Å². The fourth-order valence-electron chi connectivity index (χ4n) is 9.44. The molecule has 1 amide bonds. The van der Waals surface area contributed by atoms with Crippen LogP contribution < -0.4 is 14.8 Å². The van der Waals surface area contributed by atoms with Crippen molar-refractivity contribution >= 4 is 52.4 Å². The molecule has 15 heteroatoms. The van der Waals surface area contributed by atoms with Gasteiger partial charge in [0.2, 0.25) is 13.3 Å². The van der Waals surface area contributed by atoms with E-state index in [1.54, 1.807) is 24.2 Å². The van der Waals surface area contributed by atoms with Gasteiger partial charge in [-0.05, 0) is 75.0 Å². The molecule has 2 aliphatic carbocycles. The van der Waals surface area contributed by atoms with Crippen molar-refractivity contribution in [3.63, 3.8) is 0 Å². The number of benzene rings is 2. The fourth-order valence-corrected chi connectivity index (χ4v) is 13.5. The summed E-state index contributed by atoms with van der Waals surface area (Å²) in [6, 6.07) is 16.0. The number of esters is 1. The number of ketones is 1. The quantitative estimate of drug-likeness (QED) is 0.0462. The van der Waals surface area contributed by atoms with Crippen molar-refractivity contribution in [3.8, 4) is 22.9 Å². The Labute approximate surface area is 392 Å². The molecule has 7 rings (SSSR count). The van der Waals surface area contributed by atoms with E-state index in [4.69, 9.17) is 28.7 Å². The summed E-state index contributed by atoms with van der Waals surface area (Å²) in [5.74, 6) is -0.984. The van der Waals surface area contributed by atoms with Crippen LogP contribution >= 0.6 is 18.7 Å². The number of amides is 1. The first-order chi connectivity index (χ1) is 31.6. The summed E-state index contributed by atoms with van der Waals surface area (Å²) in [4.78, 5) is 55.3. The Morgan fingerprint density at radius 1 is 1.05 bits per heavy atom. The van der Waals surface area contributed by atoms with E-state index in [-0.39, 0.29) is 74.9 Å². The van der Waals surface area contributed by atoms with Gasteiger partial charge < -0.3 is 34.1 Å². The van der Waals surface area contributed by atoms with Crippen molar-refractivity contribution in [3.05, 3.63) is 90.3 Å². The zero-order valence-corrected chi connectivity index (χ0v) is 40.8. The second kappa shape index (κ2) is 21.0. The molecule has 1 unspecified atom stereocenters. The van der Waals surface area contributed by atoms with Crippen LogP contribution in [0.25, 0.3) is 22.3 Å². The van der Waals surface area contributed by atoms with Gasteiger partial charge in [-0.3, -0.25) is 18.9 Å². The minimum absolute atomic E-state index is 0.0111. The number of anilines is 1. The normalized spacial score (nSPS) is 22.4. The molecule has 6 atom stereocenters. The molecule has 0 radical (unpaired) electrons. The molecule has 0 spiro atoms. The smallest absolute Gasteiger partial charge is 0.306 e. The molecule has 13 nitrogen and oxygen atoms in total. The van der Waals surface area contributed by atoms with Crippen LogP contribution in [0.3, 0.4) is 0 Å². The Morgan fingerprint density at radius 3 is 2.47 bits per heavy atom. The SMILES string of the molecule is C=C[C@@H]1C[C@]1(CC(=O)[C@@H]1C[C@@H](Oc2cc(-c3csc(NC(C)C)n3)nc3cc(OC)ccc23)CN1C(=O)[C@@H](CC(=O)OC1CCCC1)C(C)(C)C)P(=O)(Cc1ccccc1)OC/C=C\CO. The van der Waals surface area contributed by atoms with E-state index >= 15 is 14.2 Å². The molecule has 354 valence electrons. The van der Waals surface area contributed by atoms with Gasteiger partial charge in [0.1, 0.15) is 29.4 Å². The van der Waals surface area contributed by atoms with E-state index in [1.165, 1.54) is 17.4 Å². The van der Waals surface area contributed by atoms with Gasteiger partial charge in [0.05, 0.1) is 67.8 Å². The molecular weight excluding hydrogens is 876 g/mol. The number of ether oxygens (including phenoxy) is 3. The highest BCUT2D eigenvalue weighted by Gasteiger charge is 2.66. The van der Waals surface area contributed by atoms with E-state index in [1.807, 2.05) is 94.6 Å². The minimum atomic E-state index is -3.66. The number of aliphatic hydroxyl groups is 1. The van der Waals surface area contributed by atoms with Crippen molar-refractivity contribution in [2.75, 3.05) is 32.2 Å². The molecule has 3 heterocycles. The maximum absolute atomic E-state index is 15.4. The third-order valence-corrected chi connectivity index (χ3v) is 17.3. The first-order valence-electron chi connectivity index (χ1n) is 23.1. The summed E-state index contributed by atoms with van der Waals surface area (Å²) >= 11 is 1.48. The lowest BCUT2D eigenvalue weighted by atomic mass is 9.77. The largest absolute Gasteiger partial charge is 0.497 e. The number of aliphatic hydroxyl groups excluding tert-OH is 1. The van der Waals surface area contributed by atoms with Crippen LogP contribution in [-0.4, -0.2) is 94.0 Å². The maximum Gasteiger partial charge on any atom is 0.306 e. The van der Waals surface area contributed by atoms with Crippen molar-refractivity contribution < 1.29 is 42.8 Å². The molecule has 0 bridgehead atoms. The first-order valence-corrected chi connectivity index (χ1v) is 25.8. The lowest BCUT2D eigenvalue weighted by Gasteiger charge is -2.35. The average molecular weight is 941 g/mol. The third kappa shape index (κ3) is 11.3. The van der Waals surface area contributed by atoms with E-state index in [9.17, 15) is 9.90 Å². The number of nitrogens with one attached hydrogen (secondary N) is 1. The number of nitrogens with zero attached hydrogens (tertiary/aromatic N) is 3. The van der Waals surface area contributed by atoms with Gasteiger partial charge in [0, 0.05) is 41.8 Å². The van der Waals surface area contributed by atoms with Gasteiger partial charge in [0.15, 0.2) is 10.9 Å². The topological polar surface area (TPSA) is 166 Å². The van der Waals surface area contributed by atoms with Gasteiger partial charge in [-0.25, -0.2) is 9.97 Å². The second-order valence-corrected chi connectivity index (χ2v) is 23.0. The first kappa shape index (κ1) is 49.0. The van der Waals surface area contributed by atoms with Crippen molar-refractivity contribution in [2.45, 2.75) is 122 Å². The number of carbonyl (C=O) groups excluding carboxylic acids is 3. The number of likely N-dealkylation sites (tertiary alicyclic amines) is 1. The zero-order chi connectivity index (χ0) is 47.2. The molecule has 3 aliphatic rings. The highest BCUT2D eigenvalue weighted by molar-refractivity contribution is 7.60. The van der Waals surface area contributed by atoms with Crippen molar-refractivity contribution in [1.82, 2.24) is 14.9 Å². The fraction of sp³-hybridized carbons (Fsp3) is 0.510. The summed E-state index contributed by atoms with van der Waals surface area (Å²) < 4.78 is 40.1. The molecule has 2 N–H and O–H groups in total. The van der Waals surface area contributed by atoms with Gasteiger partial charge in [0.25, 0.3) is 0 Å². The molecule has 2 saturated carbocycles. The summed E-state index contributed by atoms with van der Waals surface area (Å²) in [6.07, 6.45) is 8.13. The molecule has 1 aliphatic heterocycles. The molecular formula is C51H65N4O9PS. The van der Waals surface area contributed by atoms with Gasteiger partial charge >= 0.3 is 5.97 Å². The summed E-state index contributed by atoms with van der Waals surface area (Å²) in [5, 5.41) is 15.1. The van der Waals surface area contributed by atoms with E-state index in [2.05, 4.69) is 11.9 Å². The van der Waals surface area contributed by atoms with Crippen molar-refractivity contribution in [2.24, 2.45) is 17.3 Å². The number of pyridine rings is 1. The van der Waals surface area contributed by atoms with Crippen LogP contribution in [0, 0.1) is 17.3 Å². The standard InChI is InChI=1S/C51H65N4O9PS/c1-8-35-28-51(35,65(60,62-23-15-14-22-56)31-34-16-10-9-11-17-34)29-45(57)44-25-38(30-55(44)48(59)40(50(4,5)6)26-47(58)64-36-18-12-13-19-36)63-46-27-42(43-32-66-49(54-43)52-33(2)3)53-41-24-37(61-7)20-21-39(41)46/h8-11,14-17,20-21,24,27,32-33,35-36,38,40,44,56H,1,12-13,18-19,22-23,25-26,28-31H2,2-7H3,(H,52,54)/b15-14-/t35-,38-,40-,44+,51-,65?/m1/s1. The van der Waals surface area contributed by atoms with Crippen LogP contribution in [0.1, 0.15) is 91.5 Å². The molecule has 2 aromatic heterocycles. The Bertz CT molecular complexity index is 2450. The van der Waals surface area contributed by atoms with Crippen LogP contribution in [0.5, 0.6) is 11.5 Å². The van der Waals surface area contributed by atoms with E-state index in [0.29, 0.717) is 40.2 Å². The monoisotopic (exact) mass is 940 g/mol. The lowest BCUT2D eigenvalue weighted by Crippen LogP contribution is -2.48. The predicted molar refractivity (Wildman–Crippen MR) is 259 cm³/mol. The predicted octanol–water partition coefficient (Wildman–Crippen LogP) is 10.0. The van der Waals surface area contributed by atoms with Crippen LogP contribution in [0.2, 0.25) is 0 Å². The number of carbonyl (C=O) groups is 3. The maximum atomic E-state index is 15.4. The van der Waals surface area contributed by atoms with Crippen molar-refractivity contribution in [1.29, 1.82) is 0 Å². The minimum Gasteiger partial charge on any atom is -0.497 e. The zero-order valence-electron chi connectivity index (χ0n) is 39.1. The number of methoxy groups -OCH3 is 1. The number of hydrogen-bond acceptors (Lipinski definition) is 13. The summed E-state index contributed by atoms with van der Waals surface area (Å²) in [5.41, 5.74) is 2.00. The summed E-state index contributed by atoms with van der Waals surface area (Å²) in [7, 11) is -2.06. The van der Waals surface area contributed by atoms with Gasteiger partial charge in [-0.2, -0.15) is 0 Å². The Hall–Kier alpha value is -4.88. The highest BCUT2D eigenvalue weighted by atomic mass is 32.1. The third-order valence-electron chi connectivity index (χ3n) is 13.1. The summed E-state index contributed by atoms with van der Waals surface area (Å²) in [6.45, 7) is 13.8. The number of Topliss-reactive ketones (excluding diaryl/α,β-unsaturated/α-hetero) is 1. The van der Waals surface area contributed by atoms with E-state index in [0.717, 1.165) is 36.4 Å². The Morgan fingerprint density at radius 2 is 1.80 bits per heavy atom. The number of fused-ring (bicyclic) bond motifs is 1. The number of thiazole rings is 1.